The second-order valence-corrected chi connectivity index (χ2v) is 5.09. The SMILES string of the molecule is NCC1CCCCN1c1ccc(-c2ccncc2)nn1. The average molecular weight is 269 g/mol. The predicted octanol–water partition coefficient (Wildman–Crippen LogP) is 1.86. The van der Waals surface area contributed by atoms with Gasteiger partial charge in [0, 0.05) is 37.1 Å². The van der Waals surface area contributed by atoms with Crippen molar-refractivity contribution in [2.24, 2.45) is 5.73 Å². The molecule has 1 aliphatic rings. The lowest BCUT2D eigenvalue weighted by molar-refractivity contribution is 0.461. The lowest BCUT2D eigenvalue weighted by Gasteiger charge is -2.35. The van der Waals surface area contributed by atoms with Crippen LogP contribution < -0.4 is 10.6 Å². The summed E-state index contributed by atoms with van der Waals surface area (Å²) in [5, 5.41) is 8.71. The molecule has 0 radical (unpaired) electrons. The maximum atomic E-state index is 5.86. The van der Waals surface area contributed by atoms with E-state index in [0.29, 0.717) is 12.6 Å². The Kier molecular flexibility index (Phi) is 3.87. The van der Waals surface area contributed by atoms with Gasteiger partial charge in [-0.1, -0.05) is 0 Å². The average Bonchev–Trinajstić information content (AvgIpc) is 2.56. The van der Waals surface area contributed by atoms with Gasteiger partial charge in [-0.15, -0.1) is 10.2 Å². The van der Waals surface area contributed by atoms with Crippen LogP contribution in [0, 0.1) is 0 Å². The van der Waals surface area contributed by atoms with Crippen LogP contribution in [0.25, 0.3) is 11.3 Å². The molecule has 1 aliphatic heterocycles. The molecule has 104 valence electrons. The number of nitrogens with zero attached hydrogens (tertiary/aromatic N) is 4. The molecule has 0 saturated carbocycles. The largest absolute Gasteiger partial charge is 0.351 e. The molecule has 0 amide bonds. The molecule has 5 heteroatoms. The van der Waals surface area contributed by atoms with Gasteiger partial charge in [0.15, 0.2) is 5.82 Å². The lowest BCUT2D eigenvalue weighted by atomic mass is 10.0. The van der Waals surface area contributed by atoms with Gasteiger partial charge in [0.25, 0.3) is 0 Å². The Balaban J connectivity index is 1.82. The topological polar surface area (TPSA) is 67.9 Å². The lowest BCUT2D eigenvalue weighted by Crippen LogP contribution is -2.44. The summed E-state index contributed by atoms with van der Waals surface area (Å²) >= 11 is 0. The van der Waals surface area contributed by atoms with E-state index in [-0.39, 0.29) is 0 Å². The zero-order valence-corrected chi connectivity index (χ0v) is 11.4. The van der Waals surface area contributed by atoms with Gasteiger partial charge in [-0.3, -0.25) is 4.98 Å². The summed E-state index contributed by atoms with van der Waals surface area (Å²) < 4.78 is 0. The standard InChI is InChI=1S/C15H19N5/c16-11-13-3-1-2-10-20(13)15-5-4-14(18-19-15)12-6-8-17-9-7-12/h4-9,13H,1-3,10-11,16H2. The van der Waals surface area contributed by atoms with Crippen molar-refractivity contribution in [3.05, 3.63) is 36.7 Å². The first-order chi connectivity index (χ1) is 9.88. The summed E-state index contributed by atoms with van der Waals surface area (Å²) in [6.45, 7) is 1.69. The summed E-state index contributed by atoms with van der Waals surface area (Å²) in [4.78, 5) is 6.30. The van der Waals surface area contributed by atoms with Crippen molar-refractivity contribution in [3.63, 3.8) is 0 Å². The van der Waals surface area contributed by atoms with E-state index < -0.39 is 0 Å². The zero-order chi connectivity index (χ0) is 13.8. The number of nitrogens with two attached hydrogens (primary N) is 1. The van der Waals surface area contributed by atoms with E-state index in [1.54, 1.807) is 12.4 Å². The molecule has 20 heavy (non-hydrogen) atoms. The molecule has 3 heterocycles. The van der Waals surface area contributed by atoms with Crippen LogP contribution in [-0.4, -0.2) is 34.3 Å². The molecular weight excluding hydrogens is 250 g/mol. The van der Waals surface area contributed by atoms with Crippen LogP contribution in [-0.2, 0) is 0 Å². The molecule has 2 aromatic rings. The Bertz CT molecular complexity index is 540. The summed E-state index contributed by atoms with van der Waals surface area (Å²) in [6.07, 6.45) is 7.12. The number of aromatic nitrogens is 3. The van der Waals surface area contributed by atoms with Gasteiger partial charge < -0.3 is 10.6 Å². The highest BCUT2D eigenvalue weighted by Gasteiger charge is 2.22. The number of anilines is 1. The van der Waals surface area contributed by atoms with E-state index in [1.807, 2.05) is 24.3 Å². The van der Waals surface area contributed by atoms with Crippen molar-refractivity contribution in [1.82, 2.24) is 15.2 Å². The third-order valence-electron chi connectivity index (χ3n) is 3.82. The molecule has 1 unspecified atom stereocenters. The minimum Gasteiger partial charge on any atom is -0.351 e. The van der Waals surface area contributed by atoms with Crippen molar-refractivity contribution in [3.8, 4) is 11.3 Å². The van der Waals surface area contributed by atoms with Gasteiger partial charge in [0.05, 0.1) is 5.69 Å². The Morgan fingerprint density at radius 3 is 2.65 bits per heavy atom. The third-order valence-corrected chi connectivity index (χ3v) is 3.82. The van der Waals surface area contributed by atoms with E-state index in [4.69, 9.17) is 5.73 Å². The summed E-state index contributed by atoms with van der Waals surface area (Å²) in [6, 6.07) is 8.32. The number of rotatable bonds is 3. The minimum atomic E-state index is 0.393. The summed E-state index contributed by atoms with van der Waals surface area (Å²) in [7, 11) is 0. The molecule has 1 saturated heterocycles. The monoisotopic (exact) mass is 269 g/mol. The Morgan fingerprint density at radius 2 is 1.95 bits per heavy atom. The molecule has 2 N–H and O–H groups in total. The molecule has 1 atom stereocenters. The normalized spacial score (nSPS) is 19.1. The van der Waals surface area contributed by atoms with E-state index in [2.05, 4.69) is 20.1 Å². The van der Waals surface area contributed by atoms with Crippen LogP contribution in [0.15, 0.2) is 36.7 Å². The van der Waals surface area contributed by atoms with Gasteiger partial charge in [0.1, 0.15) is 0 Å². The van der Waals surface area contributed by atoms with Gasteiger partial charge >= 0.3 is 0 Å². The van der Waals surface area contributed by atoms with Gasteiger partial charge in [-0.05, 0) is 43.5 Å². The minimum absolute atomic E-state index is 0.393. The third kappa shape index (κ3) is 2.63. The van der Waals surface area contributed by atoms with Crippen LogP contribution in [0.5, 0.6) is 0 Å². The first-order valence-corrected chi connectivity index (χ1v) is 7.09. The quantitative estimate of drug-likeness (QED) is 0.921. The highest BCUT2D eigenvalue weighted by molar-refractivity contribution is 5.59. The summed E-state index contributed by atoms with van der Waals surface area (Å²) in [5.74, 6) is 0.929. The Labute approximate surface area is 118 Å². The zero-order valence-electron chi connectivity index (χ0n) is 11.4. The number of hydrogen-bond donors (Lipinski definition) is 1. The highest BCUT2D eigenvalue weighted by Crippen LogP contribution is 2.23. The van der Waals surface area contributed by atoms with Crippen molar-refractivity contribution in [2.75, 3.05) is 18.0 Å². The van der Waals surface area contributed by atoms with E-state index in [0.717, 1.165) is 30.0 Å². The fourth-order valence-electron chi connectivity index (χ4n) is 2.70. The second-order valence-electron chi connectivity index (χ2n) is 5.09. The van der Waals surface area contributed by atoms with Crippen molar-refractivity contribution in [1.29, 1.82) is 0 Å². The number of hydrogen-bond acceptors (Lipinski definition) is 5. The van der Waals surface area contributed by atoms with Crippen molar-refractivity contribution >= 4 is 5.82 Å². The Morgan fingerprint density at radius 1 is 1.10 bits per heavy atom. The maximum Gasteiger partial charge on any atom is 0.151 e. The first kappa shape index (κ1) is 13.0. The predicted molar refractivity (Wildman–Crippen MR) is 79.3 cm³/mol. The molecule has 2 aromatic heterocycles. The van der Waals surface area contributed by atoms with Gasteiger partial charge in [-0.25, -0.2) is 0 Å². The van der Waals surface area contributed by atoms with E-state index in [9.17, 15) is 0 Å². The smallest absolute Gasteiger partial charge is 0.151 e. The molecule has 1 fully saturated rings. The number of piperidine rings is 1. The van der Waals surface area contributed by atoms with Crippen molar-refractivity contribution < 1.29 is 0 Å². The van der Waals surface area contributed by atoms with E-state index >= 15 is 0 Å². The molecule has 0 bridgehead atoms. The van der Waals surface area contributed by atoms with Gasteiger partial charge in [-0.2, -0.15) is 0 Å². The van der Waals surface area contributed by atoms with Crippen LogP contribution in [0.3, 0.4) is 0 Å². The molecule has 5 nitrogen and oxygen atoms in total. The fraction of sp³-hybridized carbons (Fsp3) is 0.400. The number of pyridine rings is 1. The van der Waals surface area contributed by atoms with Crippen molar-refractivity contribution in [2.45, 2.75) is 25.3 Å². The second kappa shape index (κ2) is 5.96. The molecule has 0 aromatic carbocycles. The summed E-state index contributed by atoms with van der Waals surface area (Å²) in [5.41, 5.74) is 7.76. The van der Waals surface area contributed by atoms with E-state index in [1.165, 1.54) is 12.8 Å². The van der Waals surface area contributed by atoms with Crippen LogP contribution in [0.2, 0.25) is 0 Å². The Hall–Kier alpha value is -2.01. The molecule has 0 spiro atoms. The van der Waals surface area contributed by atoms with Gasteiger partial charge in [0.2, 0.25) is 0 Å². The fourth-order valence-corrected chi connectivity index (χ4v) is 2.70. The van der Waals surface area contributed by atoms with Crippen LogP contribution >= 0.6 is 0 Å². The molecular formula is C15H19N5. The maximum absolute atomic E-state index is 5.86. The molecule has 3 rings (SSSR count). The first-order valence-electron chi connectivity index (χ1n) is 7.09. The highest BCUT2D eigenvalue weighted by atomic mass is 15.3. The molecule has 0 aliphatic carbocycles. The van der Waals surface area contributed by atoms with Crippen LogP contribution in [0.4, 0.5) is 5.82 Å². The van der Waals surface area contributed by atoms with Crippen LogP contribution in [0.1, 0.15) is 19.3 Å².